The fourth-order valence-corrected chi connectivity index (χ4v) is 3.73. The first-order valence-electron chi connectivity index (χ1n) is 5.81. The van der Waals surface area contributed by atoms with E-state index in [-0.39, 0.29) is 23.4 Å². The summed E-state index contributed by atoms with van der Waals surface area (Å²) in [5.74, 6) is -0.427. The lowest BCUT2D eigenvalue weighted by Gasteiger charge is -2.18. The van der Waals surface area contributed by atoms with Gasteiger partial charge in [0.25, 0.3) is 10.0 Å². The summed E-state index contributed by atoms with van der Waals surface area (Å²) < 4.78 is 25.3. The molecule has 0 saturated heterocycles. The number of amides is 1. The van der Waals surface area contributed by atoms with Gasteiger partial charge in [-0.05, 0) is 17.9 Å². The van der Waals surface area contributed by atoms with Gasteiger partial charge in [0, 0.05) is 7.05 Å². The number of aliphatic hydroxyl groups is 1. The number of nitrogens with one attached hydrogen (secondary N) is 1. The molecule has 1 atom stereocenters. The summed E-state index contributed by atoms with van der Waals surface area (Å²) >= 11 is 1.11. The predicted octanol–water partition coefficient (Wildman–Crippen LogP) is 0.256. The lowest BCUT2D eigenvalue weighted by molar-refractivity contribution is -0.122. The number of hydrogen-bond donors (Lipinski definition) is 2. The Labute approximate surface area is 117 Å². The van der Waals surface area contributed by atoms with Gasteiger partial charge in [-0.25, -0.2) is 8.42 Å². The minimum atomic E-state index is -3.61. The van der Waals surface area contributed by atoms with Crippen molar-refractivity contribution in [1.29, 1.82) is 0 Å². The van der Waals surface area contributed by atoms with Crippen LogP contribution in [0.25, 0.3) is 0 Å². The van der Waals surface area contributed by atoms with Gasteiger partial charge in [0.15, 0.2) is 0 Å². The molecule has 0 fully saturated rings. The summed E-state index contributed by atoms with van der Waals surface area (Å²) in [7, 11) is -2.26. The molecule has 0 spiro atoms. The number of carbonyl (C=O) groups is 1. The molecule has 108 valence electrons. The zero-order valence-electron chi connectivity index (χ0n) is 10.9. The van der Waals surface area contributed by atoms with E-state index in [1.54, 1.807) is 11.4 Å². The van der Waals surface area contributed by atoms with Crippen molar-refractivity contribution in [3.63, 3.8) is 0 Å². The van der Waals surface area contributed by atoms with E-state index in [4.69, 9.17) is 5.11 Å². The molecule has 0 aliphatic carbocycles. The quantitative estimate of drug-likeness (QED) is 0.756. The summed E-state index contributed by atoms with van der Waals surface area (Å²) in [6.45, 7) is 1.40. The van der Waals surface area contributed by atoms with Gasteiger partial charge in [0.1, 0.15) is 4.21 Å². The molecule has 1 aromatic heterocycles. The van der Waals surface area contributed by atoms with E-state index in [1.807, 2.05) is 6.92 Å². The minimum Gasteiger partial charge on any atom is -0.394 e. The highest BCUT2D eigenvalue weighted by atomic mass is 32.2. The summed E-state index contributed by atoms with van der Waals surface area (Å²) in [5.41, 5.74) is 0. The molecule has 8 heteroatoms. The molecule has 19 heavy (non-hydrogen) atoms. The van der Waals surface area contributed by atoms with Gasteiger partial charge in [-0.3, -0.25) is 4.79 Å². The number of hydrogen-bond acceptors (Lipinski definition) is 5. The van der Waals surface area contributed by atoms with E-state index < -0.39 is 15.9 Å². The molecule has 2 N–H and O–H groups in total. The molecule has 0 aliphatic rings. The zero-order chi connectivity index (χ0) is 14.5. The number of carbonyl (C=O) groups excluding carboxylic acids is 1. The van der Waals surface area contributed by atoms with Gasteiger partial charge >= 0.3 is 0 Å². The average Bonchev–Trinajstić information content (AvgIpc) is 2.90. The van der Waals surface area contributed by atoms with E-state index in [1.165, 1.54) is 13.1 Å². The second kappa shape index (κ2) is 6.99. The van der Waals surface area contributed by atoms with Crippen LogP contribution in [0, 0.1) is 0 Å². The van der Waals surface area contributed by atoms with Crippen LogP contribution in [0.15, 0.2) is 21.7 Å². The van der Waals surface area contributed by atoms with Crippen molar-refractivity contribution in [1.82, 2.24) is 9.62 Å². The lowest BCUT2D eigenvalue weighted by Crippen LogP contribution is -2.43. The van der Waals surface area contributed by atoms with Crippen LogP contribution in [-0.2, 0) is 14.8 Å². The molecule has 1 amide bonds. The smallest absolute Gasteiger partial charge is 0.252 e. The Kier molecular flexibility index (Phi) is 5.92. The van der Waals surface area contributed by atoms with E-state index in [0.29, 0.717) is 6.42 Å². The van der Waals surface area contributed by atoms with E-state index >= 15 is 0 Å². The summed E-state index contributed by atoms with van der Waals surface area (Å²) in [4.78, 5) is 11.7. The average molecular weight is 306 g/mol. The maximum atomic E-state index is 12.1. The second-order valence-electron chi connectivity index (χ2n) is 4.05. The van der Waals surface area contributed by atoms with Crippen molar-refractivity contribution in [3.05, 3.63) is 17.5 Å². The molecule has 0 saturated carbocycles. The molecule has 1 rings (SSSR count). The molecule has 0 radical (unpaired) electrons. The van der Waals surface area contributed by atoms with E-state index in [2.05, 4.69) is 5.32 Å². The maximum Gasteiger partial charge on any atom is 0.252 e. The van der Waals surface area contributed by atoms with Gasteiger partial charge in [-0.2, -0.15) is 4.31 Å². The monoisotopic (exact) mass is 306 g/mol. The fraction of sp³-hybridized carbons (Fsp3) is 0.545. The van der Waals surface area contributed by atoms with Crippen LogP contribution < -0.4 is 5.32 Å². The largest absolute Gasteiger partial charge is 0.394 e. The first-order chi connectivity index (χ1) is 8.91. The number of nitrogens with zero attached hydrogens (tertiary/aromatic N) is 1. The Morgan fingerprint density at radius 1 is 1.58 bits per heavy atom. The van der Waals surface area contributed by atoms with Gasteiger partial charge in [-0.1, -0.05) is 13.0 Å². The third kappa shape index (κ3) is 4.27. The molecule has 0 unspecified atom stereocenters. The van der Waals surface area contributed by atoms with Crippen molar-refractivity contribution < 1.29 is 18.3 Å². The van der Waals surface area contributed by atoms with Crippen LogP contribution >= 0.6 is 11.3 Å². The normalized spacial score (nSPS) is 13.5. The van der Waals surface area contributed by atoms with Crippen LogP contribution in [0.2, 0.25) is 0 Å². The number of likely N-dealkylation sites (N-methyl/N-ethyl adjacent to an activating group) is 1. The molecule has 0 aliphatic heterocycles. The van der Waals surface area contributed by atoms with Crippen LogP contribution in [0.4, 0.5) is 0 Å². The highest BCUT2D eigenvalue weighted by Gasteiger charge is 2.24. The zero-order valence-corrected chi connectivity index (χ0v) is 12.5. The summed E-state index contributed by atoms with van der Waals surface area (Å²) in [6, 6.07) is 2.80. The Bertz CT molecular complexity index is 495. The van der Waals surface area contributed by atoms with Crippen LogP contribution in [-0.4, -0.2) is 50.0 Å². The Hall–Kier alpha value is -0.960. The fourth-order valence-electron chi connectivity index (χ4n) is 1.40. The topological polar surface area (TPSA) is 86.7 Å². The SMILES string of the molecule is CC[C@H](CO)NC(=O)CN(C)S(=O)(=O)c1cccs1. The van der Waals surface area contributed by atoms with Crippen molar-refractivity contribution in [2.75, 3.05) is 20.2 Å². The Morgan fingerprint density at radius 2 is 2.26 bits per heavy atom. The maximum absolute atomic E-state index is 12.1. The van der Waals surface area contributed by atoms with Crippen molar-refractivity contribution in [3.8, 4) is 0 Å². The van der Waals surface area contributed by atoms with Gasteiger partial charge in [0.2, 0.25) is 5.91 Å². The van der Waals surface area contributed by atoms with Gasteiger partial charge in [-0.15, -0.1) is 11.3 Å². The first kappa shape index (κ1) is 16.1. The summed E-state index contributed by atoms with van der Waals surface area (Å²) in [5, 5.41) is 13.2. The molecule has 1 heterocycles. The van der Waals surface area contributed by atoms with Gasteiger partial charge in [0.05, 0.1) is 19.2 Å². The molecular formula is C11H18N2O4S2. The van der Waals surface area contributed by atoms with Gasteiger partial charge < -0.3 is 10.4 Å². The molecular weight excluding hydrogens is 288 g/mol. The first-order valence-corrected chi connectivity index (χ1v) is 8.13. The molecule has 6 nitrogen and oxygen atoms in total. The third-order valence-corrected chi connectivity index (χ3v) is 5.78. The number of thiophene rings is 1. The number of rotatable bonds is 7. The van der Waals surface area contributed by atoms with Crippen LogP contribution in [0.1, 0.15) is 13.3 Å². The van der Waals surface area contributed by atoms with Crippen molar-refractivity contribution >= 4 is 27.3 Å². The highest BCUT2D eigenvalue weighted by Crippen LogP contribution is 2.19. The Morgan fingerprint density at radius 3 is 2.74 bits per heavy atom. The number of aliphatic hydroxyl groups excluding tert-OH is 1. The third-order valence-electron chi connectivity index (χ3n) is 2.60. The summed E-state index contributed by atoms with van der Waals surface area (Å²) in [6.07, 6.45) is 0.587. The molecule has 1 aromatic rings. The lowest BCUT2D eigenvalue weighted by atomic mass is 10.2. The van der Waals surface area contributed by atoms with E-state index in [0.717, 1.165) is 15.6 Å². The minimum absolute atomic E-state index is 0.163. The van der Waals surface area contributed by atoms with Crippen molar-refractivity contribution in [2.24, 2.45) is 0 Å². The van der Waals surface area contributed by atoms with Crippen LogP contribution in [0.5, 0.6) is 0 Å². The standard InChI is InChI=1S/C11H18N2O4S2/c1-3-9(8-14)12-10(15)7-13(2)19(16,17)11-5-4-6-18-11/h4-6,9,14H,3,7-8H2,1-2H3,(H,12,15)/t9-/m1/s1. The Balaban J connectivity index is 2.65. The molecule has 0 aromatic carbocycles. The van der Waals surface area contributed by atoms with Crippen molar-refractivity contribution in [2.45, 2.75) is 23.6 Å². The molecule has 0 bridgehead atoms. The van der Waals surface area contributed by atoms with E-state index in [9.17, 15) is 13.2 Å². The van der Waals surface area contributed by atoms with Crippen LogP contribution in [0.3, 0.4) is 0 Å². The highest BCUT2D eigenvalue weighted by molar-refractivity contribution is 7.91. The number of sulfonamides is 1. The predicted molar refractivity (Wildman–Crippen MR) is 73.4 cm³/mol. The second-order valence-corrected chi connectivity index (χ2v) is 7.27.